The van der Waals surface area contributed by atoms with Gasteiger partial charge in [-0.05, 0) is 25.0 Å². The Hall–Kier alpha value is -0.980. The van der Waals surface area contributed by atoms with Crippen LogP contribution in [0.15, 0.2) is 23.2 Å². The molecule has 5 nitrogen and oxygen atoms in total. The van der Waals surface area contributed by atoms with E-state index in [0.717, 1.165) is 25.7 Å². The molecule has 17 heavy (non-hydrogen) atoms. The molecular formula is C11H17N3O2S. The van der Waals surface area contributed by atoms with Crippen LogP contribution in [0, 0.1) is 0 Å². The van der Waals surface area contributed by atoms with E-state index in [1.807, 2.05) is 0 Å². The summed E-state index contributed by atoms with van der Waals surface area (Å²) in [5.74, 6) is 0. The highest BCUT2D eigenvalue weighted by molar-refractivity contribution is 7.89. The molecule has 1 saturated carbocycles. The third-order valence-electron chi connectivity index (χ3n) is 2.99. The van der Waals surface area contributed by atoms with Crippen LogP contribution in [0.1, 0.15) is 31.4 Å². The van der Waals surface area contributed by atoms with Crippen LogP contribution in [0.5, 0.6) is 0 Å². The summed E-state index contributed by atoms with van der Waals surface area (Å²) < 4.78 is 26.7. The van der Waals surface area contributed by atoms with E-state index in [9.17, 15) is 8.42 Å². The molecule has 0 amide bonds. The molecule has 0 atom stereocenters. The predicted octanol–water partition coefficient (Wildman–Crippen LogP) is 0.761. The normalized spacial score (nSPS) is 17.5. The average Bonchev–Trinajstić information content (AvgIpc) is 2.81. The molecule has 1 aliphatic carbocycles. The molecule has 0 bridgehead atoms. The van der Waals surface area contributed by atoms with Crippen LogP contribution < -0.4 is 10.5 Å². The topological polar surface area (TPSA) is 85.1 Å². The Labute approximate surface area is 101 Å². The Balaban J connectivity index is 2.12. The first-order chi connectivity index (χ1) is 8.12. The molecule has 2 rings (SSSR count). The van der Waals surface area contributed by atoms with Crippen LogP contribution in [0.3, 0.4) is 0 Å². The standard InChI is InChI=1S/C11H17N3O2S/c12-7-10-5-6-11(8-13-10)17(15,16)14-9-3-1-2-4-9/h5-6,8-9,14H,1-4,7,12H2. The van der Waals surface area contributed by atoms with Gasteiger partial charge in [0.05, 0.1) is 5.69 Å². The van der Waals surface area contributed by atoms with Crippen molar-refractivity contribution < 1.29 is 8.42 Å². The molecule has 1 aromatic heterocycles. The first-order valence-corrected chi connectivity index (χ1v) is 7.27. The van der Waals surface area contributed by atoms with Gasteiger partial charge in [0.2, 0.25) is 10.0 Å². The third kappa shape index (κ3) is 3.02. The Morgan fingerprint density at radius 2 is 2.06 bits per heavy atom. The molecule has 3 N–H and O–H groups in total. The maximum Gasteiger partial charge on any atom is 0.242 e. The second kappa shape index (κ2) is 5.12. The minimum Gasteiger partial charge on any atom is -0.325 e. The van der Waals surface area contributed by atoms with Crippen molar-refractivity contribution in [3.05, 3.63) is 24.0 Å². The second-order valence-corrected chi connectivity index (χ2v) is 6.01. The molecule has 0 aliphatic heterocycles. The van der Waals surface area contributed by atoms with Crippen LogP contribution in [-0.4, -0.2) is 19.4 Å². The Morgan fingerprint density at radius 1 is 1.35 bits per heavy atom. The summed E-state index contributed by atoms with van der Waals surface area (Å²) in [5.41, 5.74) is 6.10. The molecule has 0 radical (unpaired) electrons. The molecule has 0 spiro atoms. The summed E-state index contributed by atoms with van der Waals surface area (Å²) in [5, 5.41) is 0. The number of aromatic nitrogens is 1. The lowest BCUT2D eigenvalue weighted by molar-refractivity contribution is 0.552. The van der Waals surface area contributed by atoms with Crippen LogP contribution in [-0.2, 0) is 16.6 Å². The van der Waals surface area contributed by atoms with Gasteiger partial charge in [-0.2, -0.15) is 0 Å². The van der Waals surface area contributed by atoms with Gasteiger partial charge in [0.25, 0.3) is 0 Å². The fourth-order valence-electron chi connectivity index (χ4n) is 2.02. The third-order valence-corrected chi connectivity index (χ3v) is 4.50. The summed E-state index contributed by atoms with van der Waals surface area (Å²) in [4.78, 5) is 4.20. The summed E-state index contributed by atoms with van der Waals surface area (Å²) in [6.07, 6.45) is 5.40. The highest BCUT2D eigenvalue weighted by Gasteiger charge is 2.22. The largest absolute Gasteiger partial charge is 0.325 e. The number of rotatable bonds is 4. The molecule has 0 unspecified atom stereocenters. The van der Waals surface area contributed by atoms with Gasteiger partial charge in [0.1, 0.15) is 4.90 Å². The van der Waals surface area contributed by atoms with Crippen LogP contribution in [0.2, 0.25) is 0 Å². The monoisotopic (exact) mass is 255 g/mol. The minimum absolute atomic E-state index is 0.0779. The predicted molar refractivity (Wildman–Crippen MR) is 64.7 cm³/mol. The Kier molecular flexibility index (Phi) is 3.76. The van der Waals surface area contributed by atoms with Crippen molar-refractivity contribution in [3.8, 4) is 0 Å². The maximum atomic E-state index is 12.0. The van der Waals surface area contributed by atoms with E-state index in [4.69, 9.17) is 5.73 Å². The molecule has 0 aromatic carbocycles. The lowest BCUT2D eigenvalue weighted by Gasteiger charge is -2.12. The van der Waals surface area contributed by atoms with E-state index >= 15 is 0 Å². The second-order valence-electron chi connectivity index (χ2n) is 4.29. The van der Waals surface area contributed by atoms with E-state index in [1.54, 1.807) is 12.1 Å². The number of sulfonamides is 1. The van der Waals surface area contributed by atoms with Gasteiger partial charge >= 0.3 is 0 Å². The lowest BCUT2D eigenvalue weighted by Crippen LogP contribution is -2.32. The zero-order chi connectivity index (χ0) is 12.3. The van der Waals surface area contributed by atoms with E-state index in [-0.39, 0.29) is 10.9 Å². The van der Waals surface area contributed by atoms with Crippen molar-refractivity contribution >= 4 is 10.0 Å². The van der Waals surface area contributed by atoms with Gasteiger partial charge in [-0.1, -0.05) is 12.8 Å². The highest BCUT2D eigenvalue weighted by atomic mass is 32.2. The van der Waals surface area contributed by atoms with E-state index in [0.29, 0.717) is 12.2 Å². The van der Waals surface area contributed by atoms with Gasteiger partial charge in [-0.3, -0.25) is 4.98 Å². The van der Waals surface area contributed by atoms with Crippen molar-refractivity contribution in [2.24, 2.45) is 5.73 Å². The van der Waals surface area contributed by atoms with E-state index < -0.39 is 10.0 Å². The molecule has 1 aliphatic rings. The van der Waals surface area contributed by atoms with Crippen LogP contribution >= 0.6 is 0 Å². The number of nitrogens with one attached hydrogen (secondary N) is 1. The van der Waals surface area contributed by atoms with Gasteiger partial charge in [0, 0.05) is 18.8 Å². The minimum atomic E-state index is -3.42. The zero-order valence-corrected chi connectivity index (χ0v) is 10.4. The van der Waals surface area contributed by atoms with E-state index in [1.165, 1.54) is 6.20 Å². The Morgan fingerprint density at radius 3 is 2.59 bits per heavy atom. The maximum absolute atomic E-state index is 12.0. The van der Waals surface area contributed by atoms with Crippen LogP contribution in [0.4, 0.5) is 0 Å². The van der Waals surface area contributed by atoms with E-state index in [2.05, 4.69) is 9.71 Å². The first-order valence-electron chi connectivity index (χ1n) is 5.79. The fourth-order valence-corrected chi connectivity index (χ4v) is 3.27. The van der Waals surface area contributed by atoms with Crippen molar-refractivity contribution in [2.45, 2.75) is 43.2 Å². The molecule has 94 valence electrons. The SMILES string of the molecule is NCc1ccc(S(=O)(=O)NC2CCCC2)cn1. The molecule has 1 heterocycles. The van der Waals surface area contributed by atoms with Crippen molar-refractivity contribution in [1.29, 1.82) is 0 Å². The molecular weight excluding hydrogens is 238 g/mol. The molecule has 1 aromatic rings. The average molecular weight is 255 g/mol. The van der Waals surface area contributed by atoms with Crippen molar-refractivity contribution in [2.75, 3.05) is 0 Å². The summed E-state index contributed by atoms with van der Waals surface area (Å²) >= 11 is 0. The Bertz CT molecular complexity index is 464. The lowest BCUT2D eigenvalue weighted by atomic mass is 10.3. The number of hydrogen-bond donors (Lipinski definition) is 2. The van der Waals surface area contributed by atoms with Crippen LogP contribution in [0.25, 0.3) is 0 Å². The first kappa shape index (κ1) is 12.5. The number of nitrogens with zero attached hydrogens (tertiary/aromatic N) is 1. The highest BCUT2D eigenvalue weighted by Crippen LogP contribution is 2.20. The number of hydrogen-bond acceptors (Lipinski definition) is 4. The zero-order valence-electron chi connectivity index (χ0n) is 9.59. The van der Waals surface area contributed by atoms with Gasteiger partial charge in [0.15, 0.2) is 0 Å². The van der Waals surface area contributed by atoms with Crippen molar-refractivity contribution in [3.63, 3.8) is 0 Å². The quantitative estimate of drug-likeness (QED) is 0.832. The molecule has 0 saturated heterocycles. The smallest absolute Gasteiger partial charge is 0.242 e. The summed E-state index contributed by atoms with van der Waals surface area (Å²) in [6, 6.07) is 3.27. The van der Waals surface area contributed by atoms with Gasteiger partial charge in [-0.25, -0.2) is 13.1 Å². The number of pyridine rings is 1. The summed E-state index contributed by atoms with van der Waals surface area (Å²) in [7, 11) is -3.42. The number of nitrogens with two attached hydrogens (primary N) is 1. The van der Waals surface area contributed by atoms with Crippen molar-refractivity contribution in [1.82, 2.24) is 9.71 Å². The van der Waals surface area contributed by atoms with Gasteiger partial charge < -0.3 is 5.73 Å². The molecule has 6 heteroatoms. The summed E-state index contributed by atoms with van der Waals surface area (Å²) in [6.45, 7) is 0.316. The molecule has 1 fully saturated rings. The van der Waals surface area contributed by atoms with Gasteiger partial charge in [-0.15, -0.1) is 0 Å². The fraction of sp³-hybridized carbons (Fsp3) is 0.545.